The fourth-order valence-electron chi connectivity index (χ4n) is 2.36. The molecule has 1 aliphatic carbocycles. The van der Waals surface area contributed by atoms with Crippen LogP contribution in [0, 0.1) is 24.2 Å². The van der Waals surface area contributed by atoms with Crippen LogP contribution in [0.1, 0.15) is 30.5 Å². The predicted molar refractivity (Wildman–Crippen MR) is 60.0 cm³/mol. The largest absolute Gasteiger partial charge is 0.330 e. The van der Waals surface area contributed by atoms with Gasteiger partial charge < -0.3 is 4.57 Å². The highest BCUT2D eigenvalue weighted by atomic mass is 15.3. The molecule has 0 saturated heterocycles. The van der Waals surface area contributed by atoms with E-state index in [-0.39, 0.29) is 0 Å². The molecule has 4 nitrogen and oxygen atoms in total. The smallest absolute Gasteiger partial charge is 0.154 e. The Hall–Kier alpha value is -1.76. The van der Waals surface area contributed by atoms with Crippen molar-refractivity contribution in [2.75, 3.05) is 0 Å². The van der Waals surface area contributed by atoms with Crippen molar-refractivity contribution in [1.29, 1.82) is 5.26 Å². The van der Waals surface area contributed by atoms with Crippen molar-refractivity contribution in [3.8, 4) is 6.07 Å². The van der Waals surface area contributed by atoms with Crippen molar-refractivity contribution >= 4 is 5.65 Å². The van der Waals surface area contributed by atoms with E-state index in [1.807, 2.05) is 23.8 Å². The number of hydrogen-bond acceptors (Lipinski definition) is 2. The van der Waals surface area contributed by atoms with Crippen LogP contribution in [-0.2, 0) is 6.54 Å². The van der Waals surface area contributed by atoms with Gasteiger partial charge in [-0.25, -0.2) is 4.52 Å². The van der Waals surface area contributed by atoms with Crippen molar-refractivity contribution < 1.29 is 0 Å². The second kappa shape index (κ2) is 3.38. The molecule has 2 aromatic rings. The first kappa shape index (κ1) is 9.46. The van der Waals surface area contributed by atoms with Crippen LogP contribution in [0.15, 0.2) is 12.4 Å². The topological polar surface area (TPSA) is 46.0 Å². The quantitative estimate of drug-likeness (QED) is 0.768. The molecule has 1 saturated carbocycles. The van der Waals surface area contributed by atoms with E-state index in [0.717, 1.165) is 23.8 Å². The molecule has 2 heterocycles. The minimum Gasteiger partial charge on any atom is -0.330 e. The Morgan fingerprint density at radius 1 is 1.50 bits per heavy atom. The number of rotatable bonds is 2. The lowest BCUT2D eigenvalue weighted by atomic mass is 9.85. The number of aryl methyl sites for hydroxylation is 1. The normalized spacial score (nSPS) is 16.2. The highest BCUT2D eigenvalue weighted by Crippen LogP contribution is 2.29. The number of imidazole rings is 1. The maximum absolute atomic E-state index is 9.14. The molecule has 0 aliphatic heterocycles. The Kier molecular flexibility index (Phi) is 2.00. The summed E-state index contributed by atoms with van der Waals surface area (Å²) in [5.41, 5.74) is 2.48. The standard InChI is InChI=1S/C12H14N4/c1-9-11(7-13)12-15(5-6-16(12)14-9)8-10-3-2-4-10/h5-6,10H,2-4,8H2,1H3. The third-order valence-corrected chi connectivity index (χ3v) is 3.51. The lowest BCUT2D eigenvalue weighted by Crippen LogP contribution is -2.17. The molecule has 0 radical (unpaired) electrons. The van der Waals surface area contributed by atoms with Gasteiger partial charge in [-0.05, 0) is 25.7 Å². The minimum absolute atomic E-state index is 0.712. The fourth-order valence-corrected chi connectivity index (χ4v) is 2.36. The third-order valence-electron chi connectivity index (χ3n) is 3.51. The summed E-state index contributed by atoms with van der Waals surface area (Å²) in [6, 6.07) is 2.25. The van der Waals surface area contributed by atoms with E-state index in [1.165, 1.54) is 19.3 Å². The molecule has 82 valence electrons. The van der Waals surface area contributed by atoms with Crippen molar-refractivity contribution in [2.45, 2.75) is 32.7 Å². The summed E-state index contributed by atoms with van der Waals surface area (Å²) in [4.78, 5) is 0. The van der Waals surface area contributed by atoms with E-state index >= 15 is 0 Å². The van der Waals surface area contributed by atoms with Crippen LogP contribution in [-0.4, -0.2) is 14.2 Å². The molecule has 1 aliphatic rings. The van der Waals surface area contributed by atoms with E-state index < -0.39 is 0 Å². The molecule has 0 amide bonds. The summed E-state index contributed by atoms with van der Waals surface area (Å²) in [6.45, 7) is 2.91. The second-order valence-electron chi connectivity index (χ2n) is 4.59. The average molecular weight is 214 g/mol. The van der Waals surface area contributed by atoms with Gasteiger partial charge in [-0.3, -0.25) is 0 Å². The highest BCUT2D eigenvalue weighted by molar-refractivity contribution is 5.58. The molecule has 0 N–H and O–H groups in total. The molecule has 0 bridgehead atoms. The first-order valence-corrected chi connectivity index (χ1v) is 5.74. The third kappa shape index (κ3) is 1.25. The van der Waals surface area contributed by atoms with Crippen molar-refractivity contribution in [1.82, 2.24) is 14.2 Å². The van der Waals surface area contributed by atoms with E-state index in [4.69, 9.17) is 5.26 Å². The van der Waals surface area contributed by atoms with E-state index in [2.05, 4.69) is 15.7 Å². The summed E-state index contributed by atoms with van der Waals surface area (Å²) < 4.78 is 3.98. The lowest BCUT2D eigenvalue weighted by molar-refractivity contribution is 0.279. The Morgan fingerprint density at radius 2 is 2.31 bits per heavy atom. The Bertz CT molecular complexity index is 566. The zero-order valence-corrected chi connectivity index (χ0v) is 9.35. The average Bonchev–Trinajstić information content (AvgIpc) is 2.70. The Balaban J connectivity index is 2.06. The fraction of sp³-hybridized carbons (Fsp3) is 0.500. The molecule has 1 fully saturated rings. The summed E-state index contributed by atoms with van der Waals surface area (Å²) in [5, 5.41) is 13.5. The van der Waals surface area contributed by atoms with Gasteiger partial charge in [0.1, 0.15) is 11.6 Å². The molecule has 0 unspecified atom stereocenters. The Labute approximate surface area is 94.1 Å². The van der Waals surface area contributed by atoms with Gasteiger partial charge in [0.15, 0.2) is 5.65 Å². The number of aromatic nitrogens is 3. The highest BCUT2D eigenvalue weighted by Gasteiger charge is 2.20. The van der Waals surface area contributed by atoms with Crippen LogP contribution in [0.3, 0.4) is 0 Å². The number of hydrogen-bond donors (Lipinski definition) is 0. The zero-order valence-electron chi connectivity index (χ0n) is 9.35. The van der Waals surface area contributed by atoms with Crippen molar-refractivity contribution in [2.24, 2.45) is 5.92 Å². The summed E-state index contributed by atoms with van der Waals surface area (Å²) in [7, 11) is 0. The summed E-state index contributed by atoms with van der Waals surface area (Å²) in [5.74, 6) is 0.790. The maximum atomic E-state index is 9.14. The SMILES string of the molecule is Cc1nn2ccn(CC3CCC3)c2c1C#N. The maximum Gasteiger partial charge on any atom is 0.154 e. The number of nitrogens with zero attached hydrogens (tertiary/aromatic N) is 4. The number of nitriles is 1. The second-order valence-corrected chi connectivity index (χ2v) is 4.59. The molecular weight excluding hydrogens is 200 g/mol. The van der Waals surface area contributed by atoms with Gasteiger partial charge in [-0.2, -0.15) is 10.4 Å². The van der Waals surface area contributed by atoms with Crippen LogP contribution >= 0.6 is 0 Å². The first-order valence-electron chi connectivity index (χ1n) is 5.74. The molecule has 2 aromatic heterocycles. The molecule has 16 heavy (non-hydrogen) atoms. The first-order chi connectivity index (χ1) is 7.79. The molecule has 0 atom stereocenters. The van der Waals surface area contributed by atoms with E-state index in [0.29, 0.717) is 5.56 Å². The van der Waals surface area contributed by atoms with Gasteiger partial charge in [0.2, 0.25) is 0 Å². The lowest BCUT2D eigenvalue weighted by Gasteiger charge is -2.25. The van der Waals surface area contributed by atoms with Crippen molar-refractivity contribution in [3.63, 3.8) is 0 Å². The van der Waals surface area contributed by atoms with Gasteiger partial charge in [0.25, 0.3) is 0 Å². The predicted octanol–water partition coefficient (Wildman–Crippen LogP) is 2.12. The molecular formula is C12H14N4. The van der Waals surface area contributed by atoms with Crippen LogP contribution in [0.25, 0.3) is 5.65 Å². The molecule has 4 heteroatoms. The Morgan fingerprint density at radius 3 is 2.94 bits per heavy atom. The van der Waals surface area contributed by atoms with Gasteiger partial charge >= 0.3 is 0 Å². The monoisotopic (exact) mass is 214 g/mol. The van der Waals surface area contributed by atoms with Gasteiger partial charge in [-0.1, -0.05) is 6.42 Å². The number of fused-ring (bicyclic) bond motifs is 1. The molecule has 3 rings (SSSR count). The van der Waals surface area contributed by atoms with Crippen LogP contribution in [0.4, 0.5) is 0 Å². The molecule has 0 spiro atoms. The van der Waals surface area contributed by atoms with E-state index in [1.54, 1.807) is 0 Å². The van der Waals surface area contributed by atoms with E-state index in [9.17, 15) is 0 Å². The van der Waals surface area contributed by atoms with Crippen LogP contribution in [0.5, 0.6) is 0 Å². The van der Waals surface area contributed by atoms with Crippen LogP contribution < -0.4 is 0 Å². The van der Waals surface area contributed by atoms with Gasteiger partial charge in [0, 0.05) is 18.9 Å². The summed E-state index contributed by atoms with van der Waals surface area (Å²) >= 11 is 0. The van der Waals surface area contributed by atoms with Crippen molar-refractivity contribution in [3.05, 3.63) is 23.7 Å². The van der Waals surface area contributed by atoms with Crippen LogP contribution in [0.2, 0.25) is 0 Å². The van der Waals surface area contributed by atoms with Gasteiger partial charge in [-0.15, -0.1) is 0 Å². The zero-order chi connectivity index (χ0) is 11.1. The van der Waals surface area contributed by atoms with Gasteiger partial charge in [0.05, 0.1) is 5.69 Å². The molecule has 0 aromatic carbocycles. The summed E-state index contributed by atoms with van der Waals surface area (Å²) in [6.07, 6.45) is 7.95. The minimum atomic E-state index is 0.712.